The molecule has 1 saturated heterocycles. The van der Waals surface area contributed by atoms with Crippen molar-refractivity contribution in [3.8, 4) is 0 Å². The predicted octanol–water partition coefficient (Wildman–Crippen LogP) is 1.49. The highest BCUT2D eigenvalue weighted by Gasteiger charge is 2.45. The van der Waals surface area contributed by atoms with Crippen molar-refractivity contribution in [1.82, 2.24) is 4.90 Å². The third kappa shape index (κ3) is 3.40. The SMILES string of the molecule is COC(=O)C1=NOC2(CCN(C(=O)C(=O)c3ccc(C)cc3)CC2)C1. The number of methoxy groups -OCH3 is 1. The van der Waals surface area contributed by atoms with E-state index in [2.05, 4.69) is 9.89 Å². The average molecular weight is 344 g/mol. The Hall–Kier alpha value is -2.70. The number of ether oxygens (including phenoxy) is 1. The van der Waals surface area contributed by atoms with Crippen LogP contribution in [0, 0.1) is 6.92 Å². The molecule has 2 aliphatic heterocycles. The van der Waals surface area contributed by atoms with Gasteiger partial charge in [-0.25, -0.2) is 4.79 Å². The van der Waals surface area contributed by atoms with E-state index >= 15 is 0 Å². The van der Waals surface area contributed by atoms with Gasteiger partial charge < -0.3 is 14.5 Å². The molecule has 0 unspecified atom stereocenters. The molecule has 0 atom stereocenters. The van der Waals surface area contributed by atoms with E-state index in [4.69, 9.17) is 4.84 Å². The number of carbonyl (C=O) groups excluding carboxylic acids is 3. The predicted molar refractivity (Wildman–Crippen MR) is 89.2 cm³/mol. The smallest absolute Gasteiger partial charge is 0.355 e. The van der Waals surface area contributed by atoms with Gasteiger partial charge in [0.05, 0.1) is 7.11 Å². The van der Waals surface area contributed by atoms with E-state index in [-0.39, 0.29) is 5.71 Å². The van der Waals surface area contributed by atoms with Gasteiger partial charge in [0, 0.05) is 37.9 Å². The minimum atomic E-state index is -0.576. The van der Waals surface area contributed by atoms with Gasteiger partial charge in [-0.05, 0) is 6.92 Å². The zero-order valence-electron chi connectivity index (χ0n) is 14.3. The molecule has 0 bridgehead atoms. The van der Waals surface area contributed by atoms with Crippen LogP contribution in [0.2, 0.25) is 0 Å². The lowest BCUT2D eigenvalue weighted by atomic mass is 9.86. The second-order valence-electron chi connectivity index (χ2n) is 6.47. The fourth-order valence-electron chi connectivity index (χ4n) is 3.11. The highest BCUT2D eigenvalue weighted by molar-refractivity contribution is 6.42. The summed E-state index contributed by atoms with van der Waals surface area (Å²) in [4.78, 5) is 43.3. The lowest BCUT2D eigenvalue weighted by molar-refractivity contribution is -0.133. The van der Waals surface area contributed by atoms with Gasteiger partial charge in [0.25, 0.3) is 5.91 Å². The Labute approximate surface area is 145 Å². The van der Waals surface area contributed by atoms with Crippen molar-refractivity contribution < 1.29 is 24.0 Å². The molecular weight excluding hydrogens is 324 g/mol. The van der Waals surface area contributed by atoms with Gasteiger partial charge in [0.1, 0.15) is 5.60 Å². The summed E-state index contributed by atoms with van der Waals surface area (Å²) in [6, 6.07) is 6.95. The van der Waals surface area contributed by atoms with Crippen LogP contribution < -0.4 is 0 Å². The minimum Gasteiger partial charge on any atom is -0.464 e. The summed E-state index contributed by atoms with van der Waals surface area (Å²) in [7, 11) is 1.30. The largest absolute Gasteiger partial charge is 0.464 e. The summed E-state index contributed by atoms with van der Waals surface area (Å²) in [5.74, 6) is -1.51. The van der Waals surface area contributed by atoms with Gasteiger partial charge in [-0.1, -0.05) is 35.0 Å². The van der Waals surface area contributed by atoms with Crippen LogP contribution in [0.25, 0.3) is 0 Å². The van der Waals surface area contributed by atoms with Crippen molar-refractivity contribution in [2.75, 3.05) is 20.2 Å². The van der Waals surface area contributed by atoms with Crippen molar-refractivity contribution >= 4 is 23.4 Å². The maximum atomic E-state index is 12.4. The van der Waals surface area contributed by atoms with E-state index in [1.54, 1.807) is 12.1 Å². The molecule has 7 heteroatoms. The Morgan fingerprint density at radius 2 is 1.80 bits per heavy atom. The number of benzene rings is 1. The van der Waals surface area contributed by atoms with Crippen LogP contribution in [0.5, 0.6) is 0 Å². The first-order chi connectivity index (χ1) is 11.9. The molecule has 0 saturated carbocycles. The van der Waals surface area contributed by atoms with Gasteiger partial charge >= 0.3 is 5.97 Å². The van der Waals surface area contributed by atoms with Crippen molar-refractivity contribution in [3.05, 3.63) is 35.4 Å². The zero-order chi connectivity index (χ0) is 18.0. The number of hydrogen-bond acceptors (Lipinski definition) is 6. The lowest BCUT2D eigenvalue weighted by Gasteiger charge is -2.36. The normalized spacial score (nSPS) is 18.5. The lowest BCUT2D eigenvalue weighted by Crippen LogP contribution is -2.48. The highest BCUT2D eigenvalue weighted by Crippen LogP contribution is 2.35. The second-order valence-corrected chi connectivity index (χ2v) is 6.47. The summed E-state index contributed by atoms with van der Waals surface area (Å²) in [6.07, 6.45) is 1.40. The highest BCUT2D eigenvalue weighted by atomic mass is 16.7. The fourth-order valence-corrected chi connectivity index (χ4v) is 3.11. The molecule has 1 amide bonds. The van der Waals surface area contributed by atoms with Crippen LogP contribution >= 0.6 is 0 Å². The Balaban J connectivity index is 1.59. The molecule has 1 aromatic rings. The number of carbonyl (C=O) groups is 3. The third-order valence-electron chi connectivity index (χ3n) is 4.73. The standard InChI is InChI=1S/C18H20N2O5/c1-12-3-5-13(6-4-12)15(21)16(22)20-9-7-18(8-10-20)11-14(19-25-18)17(23)24-2/h3-6H,7-11H2,1-2H3. The number of piperidine rings is 1. The van der Waals surface area contributed by atoms with Gasteiger partial charge in [-0.15, -0.1) is 0 Å². The van der Waals surface area contributed by atoms with Gasteiger partial charge in [0.2, 0.25) is 5.78 Å². The first-order valence-electron chi connectivity index (χ1n) is 8.18. The van der Waals surface area contributed by atoms with Crippen LogP contribution in [0.15, 0.2) is 29.4 Å². The minimum absolute atomic E-state index is 0.262. The first kappa shape index (κ1) is 17.1. The third-order valence-corrected chi connectivity index (χ3v) is 4.73. The monoisotopic (exact) mass is 344 g/mol. The van der Waals surface area contributed by atoms with Gasteiger partial charge in [0.15, 0.2) is 5.71 Å². The van der Waals surface area contributed by atoms with Crippen molar-refractivity contribution in [3.63, 3.8) is 0 Å². The van der Waals surface area contributed by atoms with Crippen molar-refractivity contribution in [2.24, 2.45) is 5.16 Å². The molecule has 0 aliphatic carbocycles. The second kappa shape index (κ2) is 6.66. The number of hydrogen-bond donors (Lipinski definition) is 0. The maximum absolute atomic E-state index is 12.4. The van der Waals surface area contributed by atoms with E-state index in [9.17, 15) is 14.4 Å². The summed E-state index contributed by atoms with van der Waals surface area (Å²) in [5, 5.41) is 3.82. The number of oxime groups is 1. The number of amides is 1. The van der Waals surface area contributed by atoms with Crippen LogP contribution in [0.3, 0.4) is 0 Å². The summed E-state index contributed by atoms with van der Waals surface area (Å²) in [6.45, 7) is 2.70. The van der Waals surface area contributed by atoms with Gasteiger partial charge in [-0.3, -0.25) is 9.59 Å². The number of esters is 1. The molecular formula is C18H20N2O5. The molecule has 132 valence electrons. The molecule has 2 heterocycles. The number of ketones is 1. The van der Waals surface area contributed by atoms with E-state index in [1.807, 2.05) is 19.1 Å². The first-order valence-corrected chi connectivity index (χ1v) is 8.18. The van der Waals surface area contributed by atoms with Crippen LogP contribution in [0.1, 0.15) is 35.2 Å². The Bertz CT molecular complexity index is 730. The van der Waals surface area contributed by atoms with E-state index in [1.165, 1.54) is 12.0 Å². The molecule has 2 aliphatic rings. The number of aryl methyl sites for hydroxylation is 1. The van der Waals surface area contributed by atoms with E-state index in [0.717, 1.165) is 5.56 Å². The number of rotatable bonds is 3. The fraction of sp³-hybridized carbons (Fsp3) is 0.444. The molecule has 1 fully saturated rings. The molecule has 1 aromatic carbocycles. The van der Waals surface area contributed by atoms with Crippen LogP contribution in [0.4, 0.5) is 0 Å². The van der Waals surface area contributed by atoms with Crippen LogP contribution in [-0.4, -0.2) is 54.1 Å². The molecule has 0 aromatic heterocycles. The quantitative estimate of drug-likeness (QED) is 0.471. The zero-order valence-corrected chi connectivity index (χ0v) is 14.3. The van der Waals surface area contributed by atoms with Crippen LogP contribution in [-0.2, 0) is 19.2 Å². The van der Waals surface area contributed by atoms with Gasteiger partial charge in [-0.2, -0.15) is 0 Å². The maximum Gasteiger partial charge on any atom is 0.355 e. The van der Waals surface area contributed by atoms with Crippen molar-refractivity contribution in [2.45, 2.75) is 31.8 Å². The Kier molecular flexibility index (Phi) is 4.57. The molecule has 0 N–H and O–H groups in total. The molecule has 1 spiro atoms. The Morgan fingerprint density at radius 3 is 2.40 bits per heavy atom. The number of Topliss-reactive ketones (excluding diaryl/α,β-unsaturated/α-hetero) is 1. The van der Waals surface area contributed by atoms with Crippen molar-refractivity contribution in [1.29, 1.82) is 0 Å². The topological polar surface area (TPSA) is 85.3 Å². The average Bonchev–Trinajstić information content (AvgIpc) is 3.05. The van der Waals surface area contributed by atoms with E-state index in [0.29, 0.717) is 37.9 Å². The van der Waals surface area contributed by atoms with E-state index < -0.39 is 23.3 Å². The Morgan fingerprint density at radius 1 is 1.16 bits per heavy atom. The molecule has 0 radical (unpaired) electrons. The summed E-state index contributed by atoms with van der Waals surface area (Å²) >= 11 is 0. The molecule has 7 nitrogen and oxygen atoms in total. The number of likely N-dealkylation sites (tertiary alicyclic amines) is 1. The summed E-state index contributed by atoms with van der Waals surface area (Å²) in [5.41, 5.74) is 1.11. The number of nitrogens with zero attached hydrogens (tertiary/aromatic N) is 2. The molecule has 3 rings (SSSR count). The summed E-state index contributed by atoms with van der Waals surface area (Å²) < 4.78 is 4.66. The molecule has 25 heavy (non-hydrogen) atoms.